The lowest BCUT2D eigenvalue weighted by molar-refractivity contribution is -0.612. The first-order valence-corrected chi connectivity index (χ1v) is 9.48. The SMILES string of the molecule is N=C(NCCCCC(F)(F)C(F)(F)F)NC(=N)NCC12C3C4C5C3C1C5C42. The largest absolute Gasteiger partial charge is 0.453 e. The molecule has 6 aliphatic rings. The van der Waals surface area contributed by atoms with Gasteiger partial charge in [0.1, 0.15) is 0 Å². The van der Waals surface area contributed by atoms with E-state index in [4.69, 9.17) is 10.8 Å². The van der Waals surface area contributed by atoms with Gasteiger partial charge in [-0.15, -0.1) is 0 Å². The smallest absolute Gasteiger partial charge is 0.356 e. The second-order valence-corrected chi connectivity index (χ2v) is 8.81. The Labute approximate surface area is 152 Å². The van der Waals surface area contributed by atoms with Crippen LogP contribution in [0, 0.1) is 57.7 Å². The highest BCUT2D eigenvalue weighted by molar-refractivity contribution is 5.95. The highest BCUT2D eigenvalue weighted by atomic mass is 19.4. The highest BCUT2D eigenvalue weighted by Crippen LogP contribution is 3.05. The second kappa shape index (κ2) is 5.05. The van der Waals surface area contributed by atoms with E-state index in [1.807, 2.05) is 0 Å². The molecule has 0 amide bonds. The van der Waals surface area contributed by atoms with Crippen LogP contribution in [0.15, 0.2) is 0 Å². The lowest BCUT2D eigenvalue weighted by atomic mass is 8.96. The number of hydrogen-bond acceptors (Lipinski definition) is 2. The number of unbranched alkanes of at least 4 members (excludes halogenated alkanes) is 1. The maximum atomic E-state index is 12.8. The average Bonchev–Trinajstić information content (AvgIpc) is 2.59. The summed E-state index contributed by atoms with van der Waals surface area (Å²) in [6.45, 7) is 0.866. The van der Waals surface area contributed by atoms with Crippen molar-refractivity contribution in [3.63, 3.8) is 0 Å². The molecular formula is C17H22F5N5. The van der Waals surface area contributed by atoms with Crippen LogP contribution in [0.1, 0.15) is 19.3 Å². The highest BCUT2D eigenvalue weighted by Gasteiger charge is 3.03. The molecule has 0 aromatic heterocycles. The van der Waals surface area contributed by atoms with Crippen molar-refractivity contribution in [2.24, 2.45) is 46.8 Å². The number of nitrogens with one attached hydrogen (secondary N) is 5. The van der Waals surface area contributed by atoms with E-state index in [-0.39, 0.29) is 31.3 Å². The maximum Gasteiger partial charge on any atom is 0.453 e. The van der Waals surface area contributed by atoms with E-state index in [1.165, 1.54) is 0 Å². The molecule has 0 aromatic rings. The molecule has 5 N–H and O–H groups in total. The van der Waals surface area contributed by atoms with Crippen LogP contribution in [0.3, 0.4) is 0 Å². The average molecular weight is 391 g/mol. The standard InChI is InChI=1S/C17H22F5N5/c18-16(19,17(20,21)22)3-1-2-4-25-13(23)27-14(24)26-5-15-10-7-6-8(10)12(15)9(6)11(7)15/h6-12H,1-5H2,(H5,23,24,25,26,27). The summed E-state index contributed by atoms with van der Waals surface area (Å²) < 4.78 is 61.6. The van der Waals surface area contributed by atoms with Crippen molar-refractivity contribution in [3.05, 3.63) is 0 Å². The Morgan fingerprint density at radius 1 is 0.815 bits per heavy atom. The summed E-state index contributed by atoms with van der Waals surface area (Å²) in [5.41, 5.74) is 0.419. The first kappa shape index (κ1) is 17.5. The maximum absolute atomic E-state index is 12.8. The first-order valence-electron chi connectivity index (χ1n) is 9.48. The topological polar surface area (TPSA) is 83.8 Å². The molecule has 6 saturated carbocycles. The normalized spacial score (nSPS) is 43.8. The van der Waals surface area contributed by atoms with Gasteiger partial charge in [-0.05, 0) is 59.7 Å². The Hall–Kier alpha value is -1.61. The van der Waals surface area contributed by atoms with Gasteiger partial charge in [0.05, 0.1) is 0 Å². The lowest BCUT2D eigenvalue weighted by Crippen LogP contribution is -3.06. The molecule has 150 valence electrons. The Morgan fingerprint density at radius 2 is 1.37 bits per heavy atom. The van der Waals surface area contributed by atoms with Crippen LogP contribution in [0.4, 0.5) is 22.0 Å². The molecule has 0 radical (unpaired) electrons. The van der Waals surface area contributed by atoms with Crippen molar-refractivity contribution >= 4 is 11.9 Å². The number of guanidine groups is 2. The number of halogens is 5. The number of alkyl halides is 5. The lowest BCUT2D eigenvalue weighted by Gasteiger charge is -3.08. The van der Waals surface area contributed by atoms with E-state index >= 15 is 0 Å². The molecule has 6 aliphatic carbocycles. The third kappa shape index (κ3) is 1.89. The molecule has 6 rings (SSSR count). The molecule has 0 bridgehead atoms. The summed E-state index contributed by atoms with van der Waals surface area (Å²) in [4.78, 5) is 0. The van der Waals surface area contributed by atoms with E-state index in [0.717, 1.165) is 48.0 Å². The van der Waals surface area contributed by atoms with E-state index in [9.17, 15) is 22.0 Å². The molecule has 0 aromatic carbocycles. The van der Waals surface area contributed by atoms with Gasteiger partial charge in [0.15, 0.2) is 11.9 Å². The molecule has 0 unspecified atom stereocenters. The van der Waals surface area contributed by atoms with Gasteiger partial charge >= 0.3 is 12.1 Å². The van der Waals surface area contributed by atoms with Crippen LogP contribution in [0.25, 0.3) is 0 Å². The van der Waals surface area contributed by atoms with Crippen molar-refractivity contribution in [3.8, 4) is 0 Å². The van der Waals surface area contributed by atoms with Gasteiger partial charge in [-0.2, -0.15) is 22.0 Å². The van der Waals surface area contributed by atoms with Crippen LogP contribution >= 0.6 is 0 Å². The molecule has 0 saturated heterocycles. The van der Waals surface area contributed by atoms with Gasteiger partial charge in [0, 0.05) is 19.5 Å². The predicted molar refractivity (Wildman–Crippen MR) is 86.3 cm³/mol. The van der Waals surface area contributed by atoms with Crippen molar-refractivity contribution in [1.29, 1.82) is 10.8 Å². The zero-order valence-corrected chi connectivity index (χ0v) is 14.5. The fraction of sp³-hybridized carbons (Fsp3) is 0.882. The van der Waals surface area contributed by atoms with Gasteiger partial charge < -0.3 is 10.6 Å². The minimum atomic E-state index is -5.52. The van der Waals surface area contributed by atoms with Crippen LogP contribution < -0.4 is 16.0 Å². The Balaban J connectivity index is 0.950. The number of hydrogen-bond donors (Lipinski definition) is 5. The molecule has 5 nitrogen and oxygen atoms in total. The second-order valence-electron chi connectivity index (χ2n) is 8.81. The molecular weight excluding hydrogens is 369 g/mol. The molecule has 6 fully saturated rings. The molecule has 27 heavy (non-hydrogen) atoms. The quantitative estimate of drug-likeness (QED) is 0.200. The Morgan fingerprint density at radius 3 is 1.93 bits per heavy atom. The fourth-order valence-corrected chi connectivity index (χ4v) is 7.31. The summed E-state index contributed by atoms with van der Waals surface area (Å²) in [5.74, 6) is 1.75. The van der Waals surface area contributed by atoms with Gasteiger partial charge in [-0.25, -0.2) is 0 Å². The van der Waals surface area contributed by atoms with Crippen molar-refractivity contribution in [2.45, 2.75) is 31.4 Å². The zero-order valence-electron chi connectivity index (χ0n) is 14.5. The summed E-state index contributed by atoms with van der Waals surface area (Å²) >= 11 is 0. The Bertz CT molecular complexity index is 654. The van der Waals surface area contributed by atoms with E-state index in [1.54, 1.807) is 0 Å². The first-order chi connectivity index (χ1) is 12.6. The summed E-state index contributed by atoms with van der Waals surface area (Å²) in [5, 5.41) is 23.7. The van der Waals surface area contributed by atoms with E-state index in [2.05, 4.69) is 16.0 Å². The molecule has 10 heteroatoms. The summed E-state index contributed by atoms with van der Waals surface area (Å²) in [6.07, 6.45) is -7.00. The van der Waals surface area contributed by atoms with Crippen LogP contribution in [-0.4, -0.2) is 37.1 Å². The van der Waals surface area contributed by atoms with Gasteiger partial charge in [-0.3, -0.25) is 16.1 Å². The number of rotatable bonds is 7. The Kier molecular flexibility index (Phi) is 3.27. The molecule has 0 atom stereocenters. The van der Waals surface area contributed by atoms with Crippen LogP contribution in [0.5, 0.6) is 0 Å². The summed E-state index contributed by atoms with van der Waals surface area (Å²) in [6, 6.07) is 0. The van der Waals surface area contributed by atoms with E-state index < -0.39 is 18.5 Å². The van der Waals surface area contributed by atoms with Crippen molar-refractivity contribution in [2.75, 3.05) is 13.1 Å². The predicted octanol–water partition coefficient (Wildman–Crippen LogP) is 2.36. The summed E-state index contributed by atoms with van der Waals surface area (Å²) in [7, 11) is 0. The van der Waals surface area contributed by atoms with Gasteiger partial charge in [0.2, 0.25) is 0 Å². The van der Waals surface area contributed by atoms with E-state index in [0.29, 0.717) is 5.41 Å². The van der Waals surface area contributed by atoms with Crippen LogP contribution in [-0.2, 0) is 0 Å². The molecule has 0 heterocycles. The van der Waals surface area contributed by atoms with Crippen molar-refractivity contribution < 1.29 is 22.0 Å². The van der Waals surface area contributed by atoms with Gasteiger partial charge in [0.25, 0.3) is 0 Å². The molecule has 0 aliphatic heterocycles. The minimum Gasteiger partial charge on any atom is -0.356 e. The fourth-order valence-electron chi connectivity index (χ4n) is 7.31. The monoisotopic (exact) mass is 391 g/mol. The molecule has 0 spiro atoms. The van der Waals surface area contributed by atoms with Crippen molar-refractivity contribution in [1.82, 2.24) is 16.0 Å². The van der Waals surface area contributed by atoms with Gasteiger partial charge in [-0.1, -0.05) is 0 Å². The third-order valence-corrected chi connectivity index (χ3v) is 8.14. The minimum absolute atomic E-state index is 0.0183. The zero-order chi connectivity index (χ0) is 19.4. The third-order valence-electron chi connectivity index (χ3n) is 8.14. The van der Waals surface area contributed by atoms with Crippen LogP contribution in [0.2, 0.25) is 0 Å².